The molecule has 0 saturated heterocycles. The normalized spacial score (nSPS) is 12.1. The summed E-state index contributed by atoms with van der Waals surface area (Å²) in [6.07, 6.45) is 2.40. The molecule has 0 fully saturated rings. The van der Waals surface area contributed by atoms with Gasteiger partial charge in [-0.1, -0.05) is 13.3 Å². The zero-order chi connectivity index (χ0) is 11.3. The maximum atomic E-state index is 7.25. The molecule has 3 nitrogen and oxygen atoms in total. The summed E-state index contributed by atoms with van der Waals surface area (Å²) in [5.74, 6) is 0.920. The first-order chi connectivity index (χ1) is 7.13. The van der Waals surface area contributed by atoms with Crippen LogP contribution in [0, 0.1) is 5.41 Å². The fraction of sp³-hybridized carbons (Fsp3) is 0.417. The first-order valence-electron chi connectivity index (χ1n) is 5.24. The molecule has 0 bridgehead atoms. The number of rotatable bonds is 5. The summed E-state index contributed by atoms with van der Waals surface area (Å²) in [6.45, 7) is 4.20. The molecule has 82 valence electrons. The van der Waals surface area contributed by atoms with E-state index in [4.69, 9.17) is 15.9 Å². The van der Waals surface area contributed by atoms with Gasteiger partial charge in [0.1, 0.15) is 11.6 Å². The molecule has 0 aliphatic carbocycles. The second-order valence-electron chi connectivity index (χ2n) is 3.66. The van der Waals surface area contributed by atoms with Crippen LogP contribution in [0.2, 0.25) is 0 Å². The van der Waals surface area contributed by atoms with E-state index < -0.39 is 0 Å². The first-order valence-corrected chi connectivity index (χ1v) is 5.24. The van der Waals surface area contributed by atoms with E-state index in [2.05, 4.69) is 13.8 Å². The van der Waals surface area contributed by atoms with Crippen LogP contribution < -0.4 is 10.5 Å². The van der Waals surface area contributed by atoms with E-state index in [0.29, 0.717) is 0 Å². The summed E-state index contributed by atoms with van der Waals surface area (Å²) in [4.78, 5) is 0. The Morgan fingerprint density at radius 1 is 1.40 bits per heavy atom. The third kappa shape index (κ3) is 3.62. The van der Waals surface area contributed by atoms with Crippen molar-refractivity contribution in [1.29, 1.82) is 5.41 Å². The Morgan fingerprint density at radius 2 is 2.00 bits per heavy atom. The lowest BCUT2D eigenvalue weighted by Gasteiger charge is -2.13. The van der Waals surface area contributed by atoms with E-state index in [9.17, 15) is 0 Å². The minimum atomic E-state index is 0.0863. The van der Waals surface area contributed by atoms with Crippen molar-refractivity contribution in [1.82, 2.24) is 0 Å². The molecule has 3 heteroatoms. The Labute approximate surface area is 90.8 Å². The Balaban J connectivity index is 2.60. The van der Waals surface area contributed by atoms with E-state index in [1.165, 1.54) is 0 Å². The predicted octanol–water partition coefficient (Wildman–Crippen LogP) is 2.54. The highest BCUT2D eigenvalue weighted by Gasteiger charge is 2.02. The highest BCUT2D eigenvalue weighted by atomic mass is 16.5. The van der Waals surface area contributed by atoms with Crippen LogP contribution in [0.15, 0.2) is 24.3 Å². The zero-order valence-corrected chi connectivity index (χ0v) is 9.29. The minimum Gasteiger partial charge on any atom is -0.491 e. The number of benzene rings is 1. The minimum absolute atomic E-state index is 0.0863. The molecule has 0 radical (unpaired) electrons. The number of hydrogen-bond acceptors (Lipinski definition) is 2. The van der Waals surface area contributed by atoms with Crippen molar-refractivity contribution in [2.24, 2.45) is 5.73 Å². The van der Waals surface area contributed by atoms with Gasteiger partial charge in [-0.2, -0.15) is 0 Å². The van der Waals surface area contributed by atoms with E-state index in [1.807, 2.05) is 12.1 Å². The van der Waals surface area contributed by atoms with Crippen LogP contribution in [0.4, 0.5) is 0 Å². The van der Waals surface area contributed by atoms with Crippen LogP contribution >= 0.6 is 0 Å². The van der Waals surface area contributed by atoms with Gasteiger partial charge in [-0.25, -0.2) is 0 Å². The Morgan fingerprint density at radius 3 is 2.47 bits per heavy atom. The Bertz CT molecular complexity index is 319. The lowest BCUT2D eigenvalue weighted by atomic mass is 10.2. The topological polar surface area (TPSA) is 59.1 Å². The highest BCUT2D eigenvalue weighted by molar-refractivity contribution is 5.94. The average molecular weight is 206 g/mol. The van der Waals surface area contributed by atoms with Crippen molar-refractivity contribution >= 4 is 5.84 Å². The number of nitrogen functional groups attached to an aromatic ring is 1. The van der Waals surface area contributed by atoms with E-state index >= 15 is 0 Å². The van der Waals surface area contributed by atoms with Gasteiger partial charge >= 0.3 is 0 Å². The van der Waals surface area contributed by atoms with Crippen molar-refractivity contribution < 1.29 is 4.74 Å². The quantitative estimate of drug-likeness (QED) is 0.574. The molecule has 0 spiro atoms. The molecule has 15 heavy (non-hydrogen) atoms. The molecule has 0 aliphatic rings. The number of nitrogens with two attached hydrogens (primary N) is 1. The molecule has 1 rings (SSSR count). The van der Waals surface area contributed by atoms with E-state index in [1.54, 1.807) is 12.1 Å². The van der Waals surface area contributed by atoms with Crippen LogP contribution in [0.1, 0.15) is 32.3 Å². The third-order valence-corrected chi connectivity index (χ3v) is 2.20. The number of ether oxygens (including phenoxy) is 1. The molecule has 1 aromatic rings. The molecule has 0 heterocycles. The zero-order valence-electron chi connectivity index (χ0n) is 9.29. The molecule has 1 aromatic carbocycles. The number of nitrogens with one attached hydrogen (secondary N) is 1. The summed E-state index contributed by atoms with van der Waals surface area (Å²) in [6, 6.07) is 7.30. The molecular formula is C12H18N2O. The first kappa shape index (κ1) is 11.6. The molecule has 0 aromatic heterocycles. The van der Waals surface area contributed by atoms with Crippen LogP contribution in [0.5, 0.6) is 5.75 Å². The molecule has 1 unspecified atom stereocenters. The number of amidine groups is 1. The maximum absolute atomic E-state index is 7.25. The molecule has 0 amide bonds. The van der Waals surface area contributed by atoms with E-state index in [0.717, 1.165) is 24.2 Å². The number of hydrogen-bond donors (Lipinski definition) is 2. The van der Waals surface area contributed by atoms with Crippen molar-refractivity contribution in [3.8, 4) is 5.75 Å². The van der Waals surface area contributed by atoms with Gasteiger partial charge in [0, 0.05) is 5.56 Å². The van der Waals surface area contributed by atoms with Gasteiger partial charge in [0.2, 0.25) is 0 Å². The van der Waals surface area contributed by atoms with Gasteiger partial charge < -0.3 is 10.5 Å². The Hall–Kier alpha value is -1.51. The van der Waals surface area contributed by atoms with Crippen LogP contribution in [-0.4, -0.2) is 11.9 Å². The lowest BCUT2D eigenvalue weighted by Crippen LogP contribution is -2.12. The smallest absolute Gasteiger partial charge is 0.122 e. The van der Waals surface area contributed by atoms with Crippen molar-refractivity contribution in [3.05, 3.63) is 29.8 Å². The summed E-state index contributed by atoms with van der Waals surface area (Å²) in [5.41, 5.74) is 6.08. The van der Waals surface area contributed by atoms with Crippen molar-refractivity contribution in [2.45, 2.75) is 32.8 Å². The second kappa shape index (κ2) is 5.39. The van der Waals surface area contributed by atoms with Crippen molar-refractivity contribution in [3.63, 3.8) is 0 Å². The van der Waals surface area contributed by atoms with Gasteiger partial charge in [0.15, 0.2) is 0 Å². The predicted molar refractivity (Wildman–Crippen MR) is 62.5 cm³/mol. The van der Waals surface area contributed by atoms with E-state index in [-0.39, 0.29) is 11.9 Å². The molecule has 1 atom stereocenters. The van der Waals surface area contributed by atoms with Crippen molar-refractivity contribution in [2.75, 3.05) is 0 Å². The molecule has 3 N–H and O–H groups in total. The lowest BCUT2D eigenvalue weighted by molar-refractivity contribution is 0.210. The van der Waals surface area contributed by atoms with Crippen LogP contribution in [-0.2, 0) is 0 Å². The largest absolute Gasteiger partial charge is 0.491 e. The van der Waals surface area contributed by atoms with Gasteiger partial charge in [0.25, 0.3) is 0 Å². The fourth-order valence-electron chi connectivity index (χ4n) is 1.41. The standard InChI is InChI=1S/C12H18N2O/c1-3-4-9(2)15-11-7-5-10(6-8-11)12(13)14/h5-9H,3-4H2,1-2H3,(H3,13,14). The van der Waals surface area contributed by atoms with Gasteiger partial charge in [-0.05, 0) is 37.6 Å². The summed E-state index contributed by atoms with van der Waals surface area (Å²) in [7, 11) is 0. The average Bonchev–Trinajstić information content (AvgIpc) is 2.18. The van der Waals surface area contributed by atoms with Gasteiger partial charge in [0.05, 0.1) is 6.10 Å². The molecule has 0 saturated carbocycles. The monoisotopic (exact) mass is 206 g/mol. The maximum Gasteiger partial charge on any atom is 0.122 e. The van der Waals surface area contributed by atoms with Gasteiger partial charge in [-0.15, -0.1) is 0 Å². The molecular weight excluding hydrogens is 188 g/mol. The fourth-order valence-corrected chi connectivity index (χ4v) is 1.41. The molecule has 0 aliphatic heterocycles. The highest BCUT2D eigenvalue weighted by Crippen LogP contribution is 2.15. The third-order valence-electron chi connectivity index (χ3n) is 2.20. The van der Waals surface area contributed by atoms with Crippen LogP contribution in [0.3, 0.4) is 0 Å². The van der Waals surface area contributed by atoms with Gasteiger partial charge in [-0.3, -0.25) is 5.41 Å². The summed E-state index contributed by atoms with van der Waals surface area (Å²) >= 11 is 0. The SMILES string of the molecule is CCCC(C)Oc1ccc(C(=N)N)cc1. The second-order valence-corrected chi connectivity index (χ2v) is 3.66. The summed E-state index contributed by atoms with van der Waals surface area (Å²) < 4.78 is 5.68. The summed E-state index contributed by atoms with van der Waals surface area (Å²) in [5, 5.41) is 7.25. The van der Waals surface area contributed by atoms with Crippen LogP contribution in [0.25, 0.3) is 0 Å². The Kier molecular flexibility index (Phi) is 4.16.